The van der Waals surface area contributed by atoms with Crippen LogP contribution in [0.3, 0.4) is 0 Å². The molecule has 1 N–H and O–H groups in total. The topological polar surface area (TPSA) is 59.8 Å². The summed E-state index contributed by atoms with van der Waals surface area (Å²) >= 11 is 0. The molecule has 1 heterocycles. The molecule has 3 rings (SSSR count). The van der Waals surface area contributed by atoms with Gasteiger partial charge in [-0.3, -0.25) is 4.79 Å². The molecule has 1 aromatic heterocycles. The fraction of sp³-hybridized carbons (Fsp3) is 0.438. The highest BCUT2D eigenvalue weighted by molar-refractivity contribution is 5.92. The summed E-state index contributed by atoms with van der Waals surface area (Å²) < 4.78 is 1.50. The van der Waals surface area contributed by atoms with Gasteiger partial charge in [0, 0.05) is 7.05 Å². The third-order valence-corrected chi connectivity index (χ3v) is 4.30. The molecule has 2 aromatic rings. The highest BCUT2D eigenvalue weighted by Gasteiger charge is 2.27. The van der Waals surface area contributed by atoms with Crippen molar-refractivity contribution in [2.45, 2.75) is 32.2 Å². The Morgan fingerprint density at radius 2 is 2.19 bits per heavy atom. The molecule has 0 saturated carbocycles. The number of hydrogen-bond donors (Lipinski definition) is 1. The highest BCUT2D eigenvalue weighted by atomic mass is 16.2. The molecular weight excluding hydrogens is 264 g/mol. The maximum Gasteiger partial charge on any atom is 0.271 e. The van der Waals surface area contributed by atoms with E-state index in [1.54, 1.807) is 7.05 Å². The van der Waals surface area contributed by atoms with E-state index in [1.165, 1.54) is 22.0 Å². The Morgan fingerprint density at radius 1 is 1.38 bits per heavy atom. The highest BCUT2D eigenvalue weighted by Crippen LogP contribution is 2.33. The maximum atomic E-state index is 12.5. The van der Waals surface area contributed by atoms with Crippen LogP contribution in [-0.4, -0.2) is 20.9 Å². The number of fused-ring (bicyclic) bond motifs is 1. The van der Waals surface area contributed by atoms with Crippen molar-refractivity contribution in [3.8, 4) is 0 Å². The molecule has 0 unspecified atom stereocenters. The van der Waals surface area contributed by atoms with Crippen molar-refractivity contribution in [1.29, 1.82) is 0 Å². The lowest BCUT2D eigenvalue weighted by molar-refractivity contribution is 0.0913. The summed E-state index contributed by atoms with van der Waals surface area (Å²) in [6.07, 6.45) is 4.86. The van der Waals surface area contributed by atoms with Crippen LogP contribution in [0.15, 0.2) is 30.5 Å². The molecule has 1 amide bonds. The second-order valence-electron chi connectivity index (χ2n) is 5.76. The minimum absolute atomic E-state index is 0.0473. The van der Waals surface area contributed by atoms with Gasteiger partial charge in [-0.2, -0.15) is 0 Å². The van der Waals surface area contributed by atoms with E-state index in [4.69, 9.17) is 0 Å². The van der Waals surface area contributed by atoms with E-state index >= 15 is 0 Å². The van der Waals surface area contributed by atoms with E-state index in [0.29, 0.717) is 11.6 Å². The van der Waals surface area contributed by atoms with Gasteiger partial charge < -0.3 is 5.32 Å². The van der Waals surface area contributed by atoms with Gasteiger partial charge in [-0.15, -0.1) is 5.10 Å². The molecule has 5 nitrogen and oxygen atoms in total. The van der Waals surface area contributed by atoms with Crippen molar-refractivity contribution in [3.63, 3.8) is 0 Å². The van der Waals surface area contributed by atoms with Gasteiger partial charge >= 0.3 is 0 Å². The predicted molar refractivity (Wildman–Crippen MR) is 79.8 cm³/mol. The van der Waals surface area contributed by atoms with Gasteiger partial charge in [0.25, 0.3) is 5.91 Å². The minimum atomic E-state index is -0.115. The Kier molecular flexibility index (Phi) is 3.73. The van der Waals surface area contributed by atoms with E-state index < -0.39 is 0 Å². The van der Waals surface area contributed by atoms with Crippen LogP contribution in [0, 0.1) is 5.92 Å². The number of carbonyl (C=O) groups is 1. The number of benzene rings is 1. The summed E-state index contributed by atoms with van der Waals surface area (Å²) in [5.74, 6) is 0.301. The molecule has 5 heteroatoms. The minimum Gasteiger partial charge on any atom is -0.344 e. The summed E-state index contributed by atoms with van der Waals surface area (Å²) in [6.45, 7) is 2.20. The van der Waals surface area contributed by atoms with E-state index in [-0.39, 0.29) is 11.9 Å². The molecule has 110 valence electrons. The molecule has 0 spiro atoms. The van der Waals surface area contributed by atoms with Crippen molar-refractivity contribution < 1.29 is 4.79 Å². The van der Waals surface area contributed by atoms with Crippen LogP contribution in [-0.2, 0) is 13.5 Å². The number of aryl methyl sites for hydroxylation is 2. The molecule has 1 aliphatic carbocycles. The Balaban J connectivity index is 1.89. The number of carbonyl (C=O) groups excluding carboxylic acids is 1. The van der Waals surface area contributed by atoms with Gasteiger partial charge in [0.1, 0.15) is 5.69 Å². The monoisotopic (exact) mass is 284 g/mol. The fourth-order valence-electron chi connectivity index (χ4n) is 3.08. The average Bonchev–Trinajstić information content (AvgIpc) is 2.84. The largest absolute Gasteiger partial charge is 0.344 e. The molecule has 0 saturated heterocycles. The molecule has 1 aliphatic rings. The Hall–Kier alpha value is -2.17. The van der Waals surface area contributed by atoms with Crippen molar-refractivity contribution in [2.24, 2.45) is 13.0 Å². The maximum absolute atomic E-state index is 12.5. The normalized spacial score (nSPS) is 21.4. The first-order chi connectivity index (χ1) is 10.2. The lowest BCUT2D eigenvalue weighted by atomic mass is 9.92. The molecule has 21 heavy (non-hydrogen) atoms. The third kappa shape index (κ3) is 2.68. The first-order valence-corrected chi connectivity index (χ1v) is 7.40. The molecule has 0 aliphatic heterocycles. The Morgan fingerprint density at radius 3 is 2.95 bits per heavy atom. The molecule has 0 bridgehead atoms. The van der Waals surface area contributed by atoms with Gasteiger partial charge in [0.15, 0.2) is 0 Å². The van der Waals surface area contributed by atoms with Crippen LogP contribution in [0.1, 0.15) is 47.4 Å². The number of hydrogen-bond acceptors (Lipinski definition) is 3. The number of nitrogens with zero attached hydrogens (tertiary/aromatic N) is 3. The van der Waals surface area contributed by atoms with Crippen LogP contribution >= 0.6 is 0 Å². The van der Waals surface area contributed by atoms with Gasteiger partial charge in [-0.25, -0.2) is 4.68 Å². The lowest BCUT2D eigenvalue weighted by Crippen LogP contribution is -2.33. The second kappa shape index (κ2) is 5.68. The van der Waals surface area contributed by atoms with Gasteiger partial charge in [-0.05, 0) is 36.3 Å². The predicted octanol–water partition coefficient (Wildman–Crippen LogP) is 2.26. The summed E-state index contributed by atoms with van der Waals surface area (Å²) in [6, 6.07) is 8.45. The van der Waals surface area contributed by atoms with E-state index in [9.17, 15) is 4.79 Å². The zero-order chi connectivity index (χ0) is 14.8. The second-order valence-corrected chi connectivity index (χ2v) is 5.76. The SMILES string of the molecule is C[C@@H]1CCCc2ccccc2[C@@H]1NC(=O)c1cnnn1C. The molecule has 1 aromatic carbocycles. The number of aromatic nitrogens is 3. The van der Waals surface area contributed by atoms with Gasteiger partial charge in [0.05, 0.1) is 12.2 Å². The number of amides is 1. The zero-order valence-electron chi connectivity index (χ0n) is 12.4. The van der Waals surface area contributed by atoms with Crippen molar-refractivity contribution in [1.82, 2.24) is 20.3 Å². The molecule has 0 radical (unpaired) electrons. The fourth-order valence-corrected chi connectivity index (χ4v) is 3.08. The third-order valence-electron chi connectivity index (χ3n) is 4.30. The van der Waals surface area contributed by atoms with E-state index in [0.717, 1.165) is 19.3 Å². The molecular formula is C16H20N4O. The quantitative estimate of drug-likeness (QED) is 0.861. The number of nitrogens with one attached hydrogen (secondary N) is 1. The summed E-state index contributed by atoms with van der Waals surface area (Å²) in [4.78, 5) is 12.5. The van der Waals surface area contributed by atoms with Crippen molar-refractivity contribution in [2.75, 3.05) is 0 Å². The number of rotatable bonds is 2. The standard InChI is InChI=1S/C16H20N4O/c1-11-6-5-8-12-7-3-4-9-13(12)15(11)18-16(21)14-10-17-19-20(14)2/h3-4,7,9-11,15H,5-6,8H2,1-2H3,(H,18,21)/t11-,15-/m1/s1. The summed E-state index contributed by atoms with van der Waals surface area (Å²) in [5, 5.41) is 10.8. The zero-order valence-corrected chi connectivity index (χ0v) is 12.4. The summed E-state index contributed by atoms with van der Waals surface area (Å²) in [7, 11) is 1.73. The average molecular weight is 284 g/mol. The Bertz CT molecular complexity index is 649. The van der Waals surface area contributed by atoms with Gasteiger partial charge in [-0.1, -0.05) is 36.4 Å². The van der Waals surface area contributed by atoms with Crippen LogP contribution in [0.4, 0.5) is 0 Å². The van der Waals surface area contributed by atoms with Crippen molar-refractivity contribution >= 4 is 5.91 Å². The van der Waals surface area contributed by atoms with Gasteiger partial charge in [0.2, 0.25) is 0 Å². The van der Waals surface area contributed by atoms with Crippen LogP contribution < -0.4 is 5.32 Å². The van der Waals surface area contributed by atoms with Crippen LogP contribution in [0.2, 0.25) is 0 Å². The Labute approximate surface area is 124 Å². The first kappa shape index (κ1) is 13.8. The smallest absolute Gasteiger partial charge is 0.271 e. The first-order valence-electron chi connectivity index (χ1n) is 7.40. The van der Waals surface area contributed by atoms with Crippen molar-refractivity contribution in [3.05, 3.63) is 47.3 Å². The van der Waals surface area contributed by atoms with E-state index in [2.05, 4.69) is 40.8 Å². The van der Waals surface area contributed by atoms with Crippen LogP contribution in [0.25, 0.3) is 0 Å². The van der Waals surface area contributed by atoms with Crippen LogP contribution in [0.5, 0.6) is 0 Å². The molecule has 0 fully saturated rings. The lowest BCUT2D eigenvalue weighted by Gasteiger charge is -2.24. The molecule has 2 atom stereocenters. The summed E-state index contributed by atoms with van der Waals surface area (Å²) in [5.41, 5.74) is 3.07. The van der Waals surface area contributed by atoms with E-state index in [1.807, 2.05) is 6.07 Å².